The van der Waals surface area contributed by atoms with E-state index in [1.54, 1.807) is 0 Å². The molecule has 100 valence electrons. The predicted octanol–water partition coefficient (Wildman–Crippen LogP) is 0.440. The van der Waals surface area contributed by atoms with Gasteiger partial charge in [-0.25, -0.2) is 5.84 Å². The summed E-state index contributed by atoms with van der Waals surface area (Å²) >= 11 is 0. The number of aromatic nitrogens is 3. The van der Waals surface area contributed by atoms with E-state index < -0.39 is 0 Å². The normalized spacial score (nSPS) is 10.2. The molecule has 0 unspecified atom stereocenters. The highest BCUT2D eigenvalue weighted by molar-refractivity contribution is 5.29. The van der Waals surface area contributed by atoms with Crippen molar-refractivity contribution in [3.8, 4) is 5.75 Å². The minimum absolute atomic E-state index is 0.139. The fourth-order valence-corrected chi connectivity index (χ4v) is 1.60. The average Bonchev–Trinajstić information content (AvgIpc) is 2.43. The summed E-state index contributed by atoms with van der Waals surface area (Å²) in [5, 5.41) is 7.57. The number of hydrazine groups is 1. The van der Waals surface area contributed by atoms with E-state index in [1.165, 1.54) is 0 Å². The molecule has 0 aliphatic heterocycles. The Morgan fingerprint density at radius 3 is 2.63 bits per heavy atom. The van der Waals surface area contributed by atoms with Crippen molar-refractivity contribution in [2.24, 2.45) is 5.84 Å². The van der Waals surface area contributed by atoms with Gasteiger partial charge in [0.05, 0.1) is 6.61 Å². The second-order valence-corrected chi connectivity index (χ2v) is 3.85. The van der Waals surface area contributed by atoms with Crippen molar-refractivity contribution in [2.45, 2.75) is 13.3 Å². The van der Waals surface area contributed by atoms with Crippen molar-refractivity contribution in [2.75, 3.05) is 12.0 Å². The third kappa shape index (κ3) is 3.29. The first kappa shape index (κ1) is 13.0. The molecule has 4 N–H and O–H groups in total. The molecule has 19 heavy (non-hydrogen) atoms. The Kier molecular flexibility index (Phi) is 4.09. The molecule has 2 aromatic rings. The van der Waals surface area contributed by atoms with Gasteiger partial charge in [0, 0.05) is 6.42 Å². The van der Waals surface area contributed by atoms with E-state index in [0.29, 0.717) is 18.7 Å². The Morgan fingerprint density at radius 1 is 1.32 bits per heavy atom. The van der Waals surface area contributed by atoms with Crippen molar-refractivity contribution >= 4 is 5.95 Å². The zero-order chi connectivity index (χ0) is 13.7. The van der Waals surface area contributed by atoms with Gasteiger partial charge < -0.3 is 4.74 Å². The summed E-state index contributed by atoms with van der Waals surface area (Å²) in [6.45, 7) is 2.55. The van der Waals surface area contributed by atoms with Crippen LogP contribution < -0.4 is 21.6 Å². The van der Waals surface area contributed by atoms with Crippen LogP contribution >= 0.6 is 0 Å². The lowest BCUT2D eigenvalue weighted by Crippen LogP contribution is -2.21. The van der Waals surface area contributed by atoms with E-state index in [1.807, 2.05) is 31.2 Å². The van der Waals surface area contributed by atoms with Crippen LogP contribution in [0.1, 0.15) is 18.2 Å². The predicted molar refractivity (Wildman–Crippen MR) is 70.9 cm³/mol. The van der Waals surface area contributed by atoms with Crippen LogP contribution in [-0.4, -0.2) is 21.8 Å². The number of hydrogen-bond acceptors (Lipinski definition) is 6. The second-order valence-electron chi connectivity index (χ2n) is 3.85. The summed E-state index contributed by atoms with van der Waals surface area (Å²) in [6, 6.07) is 7.49. The highest BCUT2D eigenvalue weighted by Crippen LogP contribution is 2.13. The largest absolute Gasteiger partial charge is 0.494 e. The van der Waals surface area contributed by atoms with Gasteiger partial charge in [-0.2, -0.15) is 0 Å². The van der Waals surface area contributed by atoms with Crippen LogP contribution in [0.15, 0.2) is 29.1 Å². The van der Waals surface area contributed by atoms with Gasteiger partial charge in [0.2, 0.25) is 5.95 Å². The molecule has 0 fully saturated rings. The molecule has 7 nitrogen and oxygen atoms in total. The van der Waals surface area contributed by atoms with Gasteiger partial charge in [-0.3, -0.25) is 15.2 Å². The fourth-order valence-electron chi connectivity index (χ4n) is 1.60. The van der Waals surface area contributed by atoms with E-state index in [-0.39, 0.29) is 11.5 Å². The van der Waals surface area contributed by atoms with Crippen LogP contribution in [0.3, 0.4) is 0 Å². The molecule has 0 amide bonds. The molecule has 1 aromatic heterocycles. The Balaban J connectivity index is 2.14. The Hall–Kier alpha value is -2.41. The Labute approximate surface area is 109 Å². The van der Waals surface area contributed by atoms with Crippen LogP contribution in [0.4, 0.5) is 5.95 Å². The first-order valence-corrected chi connectivity index (χ1v) is 5.87. The number of H-pyrrole nitrogens is 1. The number of ether oxygens (including phenoxy) is 1. The molecule has 0 radical (unpaired) electrons. The number of nitrogen functional groups attached to an aromatic ring is 1. The molecule has 1 aromatic carbocycles. The molecule has 0 bridgehead atoms. The van der Waals surface area contributed by atoms with Crippen LogP contribution in [-0.2, 0) is 6.42 Å². The number of anilines is 1. The molecule has 2 rings (SSSR count). The molecule has 0 saturated carbocycles. The molecule has 1 heterocycles. The van der Waals surface area contributed by atoms with Crippen LogP contribution in [0.25, 0.3) is 0 Å². The number of nitrogens with two attached hydrogens (primary N) is 1. The minimum Gasteiger partial charge on any atom is -0.494 e. The first-order valence-electron chi connectivity index (χ1n) is 5.87. The molecule has 7 heteroatoms. The van der Waals surface area contributed by atoms with Gasteiger partial charge in [0.1, 0.15) is 11.4 Å². The highest BCUT2D eigenvalue weighted by atomic mass is 16.5. The molecular weight excluding hydrogens is 246 g/mol. The topological polar surface area (TPSA) is 106 Å². The summed E-state index contributed by atoms with van der Waals surface area (Å²) < 4.78 is 5.35. The van der Waals surface area contributed by atoms with E-state index in [0.717, 1.165) is 11.3 Å². The Morgan fingerprint density at radius 2 is 2.05 bits per heavy atom. The number of rotatable bonds is 5. The van der Waals surface area contributed by atoms with Crippen LogP contribution in [0, 0.1) is 0 Å². The van der Waals surface area contributed by atoms with Crippen molar-refractivity contribution in [3.63, 3.8) is 0 Å². The van der Waals surface area contributed by atoms with Gasteiger partial charge in [-0.05, 0) is 24.6 Å². The van der Waals surface area contributed by atoms with Gasteiger partial charge >= 0.3 is 0 Å². The lowest BCUT2D eigenvalue weighted by Gasteiger charge is -2.04. The first-order chi connectivity index (χ1) is 9.22. The van der Waals surface area contributed by atoms with Crippen molar-refractivity contribution < 1.29 is 4.74 Å². The Bertz CT molecular complexity index is 594. The lowest BCUT2D eigenvalue weighted by molar-refractivity contribution is 0.340. The molecular formula is C12H15N5O2. The molecule has 0 spiro atoms. The number of nitrogens with zero attached hydrogens (tertiary/aromatic N) is 2. The van der Waals surface area contributed by atoms with Gasteiger partial charge in [-0.15, -0.1) is 10.2 Å². The van der Waals surface area contributed by atoms with E-state index in [2.05, 4.69) is 20.6 Å². The zero-order valence-electron chi connectivity index (χ0n) is 10.5. The third-order valence-electron chi connectivity index (χ3n) is 2.51. The molecule has 0 atom stereocenters. The number of hydrogen-bond donors (Lipinski definition) is 3. The maximum Gasteiger partial charge on any atom is 0.274 e. The van der Waals surface area contributed by atoms with Crippen LogP contribution in [0.5, 0.6) is 5.75 Å². The number of nitrogens with one attached hydrogen (secondary N) is 2. The number of benzene rings is 1. The molecule has 0 saturated heterocycles. The number of aromatic amines is 1. The van der Waals surface area contributed by atoms with E-state index in [4.69, 9.17) is 10.6 Å². The van der Waals surface area contributed by atoms with Gasteiger partial charge in [0.15, 0.2) is 0 Å². The minimum atomic E-state index is -0.308. The van der Waals surface area contributed by atoms with E-state index in [9.17, 15) is 4.79 Å². The summed E-state index contributed by atoms with van der Waals surface area (Å²) in [5.74, 6) is 6.07. The summed E-state index contributed by atoms with van der Waals surface area (Å²) in [4.78, 5) is 14.2. The van der Waals surface area contributed by atoms with Crippen molar-refractivity contribution in [1.29, 1.82) is 0 Å². The fraction of sp³-hybridized carbons (Fsp3) is 0.250. The average molecular weight is 261 g/mol. The maximum atomic E-state index is 11.7. The van der Waals surface area contributed by atoms with Gasteiger partial charge in [-0.1, -0.05) is 12.1 Å². The monoisotopic (exact) mass is 261 g/mol. The molecule has 0 aliphatic rings. The van der Waals surface area contributed by atoms with Crippen molar-refractivity contribution in [3.05, 3.63) is 45.9 Å². The van der Waals surface area contributed by atoms with Crippen molar-refractivity contribution in [1.82, 2.24) is 15.2 Å². The smallest absolute Gasteiger partial charge is 0.274 e. The summed E-state index contributed by atoms with van der Waals surface area (Å²) in [6.07, 6.45) is 0.402. The highest BCUT2D eigenvalue weighted by Gasteiger charge is 2.05. The third-order valence-corrected chi connectivity index (χ3v) is 2.51. The summed E-state index contributed by atoms with van der Waals surface area (Å²) in [5.41, 5.74) is 3.22. The zero-order valence-corrected chi connectivity index (χ0v) is 10.5. The van der Waals surface area contributed by atoms with Crippen LogP contribution in [0.2, 0.25) is 0 Å². The standard InChI is InChI=1S/C12H15N5O2/c1-2-19-9-5-3-8(4-6-9)7-10-11(18)14-12(15-13)17-16-10/h3-6H,2,7,13H2,1H3,(H2,14,15,17,18). The molecule has 0 aliphatic carbocycles. The maximum absolute atomic E-state index is 11.7. The summed E-state index contributed by atoms with van der Waals surface area (Å²) in [7, 11) is 0. The van der Waals surface area contributed by atoms with Gasteiger partial charge in [0.25, 0.3) is 5.56 Å². The lowest BCUT2D eigenvalue weighted by atomic mass is 10.1. The SMILES string of the molecule is CCOc1ccc(Cc2nnc(NN)[nH]c2=O)cc1. The second kappa shape index (κ2) is 5.96. The van der Waals surface area contributed by atoms with E-state index >= 15 is 0 Å². The quantitative estimate of drug-likeness (QED) is 0.532.